The molecule has 118 valence electrons. The Morgan fingerprint density at radius 3 is 2.67 bits per heavy atom. The number of benzene rings is 1. The van der Waals surface area contributed by atoms with Crippen LogP contribution in [0.2, 0.25) is 5.02 Å². The molecule has 1 N–H and O–H groups in total. The first-order valence-electron chi connectivity index (χ1n) is 7.00. The van der Waals surface area contributed by atoms with E-state index < -0.39 is 0 Å². The molecule has 0 aliphatic carbocycles. The molecule has 0 aliphatic heterocycles. The molecule has 0 radical (unpaired) electrons. The summed E-state index contributed by atoms with van der Waals surface area (Å²) in [4.78, 5) is 12.1. The Morgan fingerprint density at radius 1 is 1.29 bits per heavy atom. The minimum atomic E-state index is -0.199. The van der Waals surface area contributed by atoms with Crippen LogP contribution in [0, 0.1) is 0 Å². The Bertz CT molecular complexity index is 465. The fourth-order valence-corrected chi connectivity index (χ4v) is 2.02. The van der Waals surface area contributed by atoms with Crippen LogP contribution in [0.4, 0.5) is 0 Å². The second kappa shape index (κ2) is 9.47. The Morgan fingerprint density at radius 2 is 2.05 bits per heavy atom. The van der Waals surface area contributed by atoms with E-state index in [-0.39, 0.29) is 5.91 Å². The van der Waals surface area contributed by atoms with Crippen molar-refractivity contribution in [2.24, 2.45) is 0 Å². The first kappa shape index (κ1) is 17.6. The van der Waals surface area contributed by atoms with Crippen LogP contribution in [0.25, 0.3) is 0 Å². The number of halogens is 1. The summed E-state index contributed by atoms with van der Waals surface area (Å²) in [6.45, 7) is 6.12. The lowest BCUT2D eigenvalue weighted by Crippen LogP contribution is -2.25. The number of nitrogens with one attached hydrogen (secondary N) is 1. The number of rotatable bonds is 9. The van der Waals surface area contributed by atoms with E-state index in [0.717, 1.165) is 6.42 Å². The predicted molar refractivity (Wildman–Crippen MR) is 82.6 cm³/mol. The van der Waals surface area contributed by atoms with Crippen LogP contribution in [0.5, 0.6) is 11.5 Å². The molecular formula is C15H22ClNO4. The van der Waals surface area contributed by atoms with E-state index in [2.05, 4.69) is 5.32 Å². The minimum Gasteiger partial charge on any atom is -0.493 e. The molecule has 0 heterocycles. The summed E-state index contributed by atoms with van der Waals surface area (Å²) in [5.74, 6) is 0.702. The van der Waals surface area contributed by atoms with Crippen LogP contribution in [-0.2, 0) is 4.74 Å². The number of ether oxygens (including phenoxy) is 3. The zero-order valence-electron chi connectivity index (χ0n) is 12.7. The summed E-state index contributed by atoms with van der Waals surface area (Å²) in [7, 11) is 1.51. The quantitative estimate of drug-likeness (QED) is 0.712. The van der Waals surface area contributed by atoms with Crippen molar-refractivity contribution in [1.29, 1.82) is 0 Å². The van der Waals surface area contributed by atoms with Crippen molar-refractivity contribution in [2.45, 2.75) is 20.3 Å². The maximum atomic E-state index is 12.1. The van der Waals surface area contributed by atoms with Gasteiger partial charge in [-0.3, -0.25) is 4.79 Å². The third-order valence-electron chi connectivity index (χ3n) is 2.74. The van der Waals surface area contributed by atoms with Crippen molar-refractivity contribution < 1.29 is 19.0 Å². The summed E-state index contributed by atoms with van der Waals surface area (Å²) >= 11 is 6.13. The molecule has 0 aromatic heterocycles. The average Bonchev–Trinajstić information content (AvgIpc) is 2.48. The molecule has 0 saturated heterocycles. The minimum absolute atomic E-state index is 0.199. The van der Waals surface area contributed by atoms with E-state index in [0.29, 0.717) is 48.5 Å². The summed E-state index contributed by atoms with van der Waals surface area (Å²) in [6.07, 6.45) is 0.765. The number of carbonyl (C=O) groups is 1. The summed E-state index contributed by atoms with van der Waals surface area (Å²) in [6, 6.07) is 3.20. The number of hydrogen-bond acceptors (Lipinski definition) is 4. The van der Waals surface area contributed by atoms with Crippen molar-refractivity contribution in [3.05, 3.63) is 22.7 Å². The molecule has 21 heavy (non-hydrogen) atoms. The van der Waals surface area contributed by atoms with Crippen LogP contribution in [0.3, 0.4) is 0 Å². The second-order valence-electron chi connectivity index (χ2n) is 4.23. The van der Waals surface area contributed by atoms with Crippen LogP contribution in [0.15, 0.2) is 12.1 Å². The molecule has 1 aromatic rings. The lowest BCUT2D eigenvalue weighted by molar-refractivity contribution is 0.0944. The van der Waals surface area contributed by atoms with Gasteiger partial charge in [-0.1, -0.05) is 11.6 Å². The fraction of sp³-hybridized carbons (Fsp3) is 0.533. The number of methoxy groups -OCH3 is 1. The van der Waals surface area contributed by atoms with Gasteiger partial charge in [0.1, 0.15) is 0 Å². The molecule has 6 heteroatoms. The number of carbonyl (C=O) groups excluding carboxylic acids is 1. The standard InChI is InChI=1S/C15H22ClNO4/c1-4-20-8-6-7-17-15(18)11-9-12(16)14(21-5-2)13(10-11)19-3/h9-10H,4-8H2,1-3H3,(H,17,18). The van der Waals surface area contributed by atoms with Gasteiger partial charge in [0.05, 0.1) is 18.7 Å². The van der Waals surface area contributed by atoms with Gasteiger partial charge in [0.2, 0.25) is 0 Å². The predicted octanol–water partition coefficient (Wildman–Crippen LogP) is 2.90. The molecule has 0 unspecified atom stereocenters. The molecule has 0 bridgehead atoms. The topological polar surface area (TPSA) is 56.8 Å². The maximum absolute atomic E-state index is 12.1. The molecule has 0 spiro atoms. The first-order chi connectivity index (χ1) is 10.1. The SMILES string of the molecule is CCOCCCNC(=O)c1cc(Cl)c(OCC)c(OC)c1. The van der Waals surface area contributed by atoms with Crippen LogP contribution >= 0.6 is 11.6 Å². The van der Waals surface area contributed by atoms with Gasteiger partial charge in [0, 0.05) is 25.3 Å². The summed E-state index contributed by atoms with van der Waals surface area (Å²) in [5.41, 5.74) is 0.441. The normalized spacial score (nSPS) is 10.3. The zero-order chi connectivity index (χ0) is 15.7. The second-order valence-corrected chi connectivity index (χ2v) is 4.64. The van der Waals surface area contributed by atoms with E-state index in [4.69, 9.17) is 25.8 Å². The Balaban J connectivity index is 2.70. The molecule has 1 amide bonds. The smallest absolute Gasteiger partial charge is 0.251 e. The molecule has 1 rings (SSSR count). The van der Waals surface area contributed by atoms with Gasteiger partial charge in [0.15, 0.2) is 11.5 Å². The molecule has 0 saturated carbocycles. The summed E-state index contributed by atoms with van der Waals surface area (Å²) in [5, 5.41) is 3.17. The van der Waals surface area contributed by atoms with Gasteiger partial charge >= 0.3 is 0 Å². The highest BCUT2D eigenvalue weighted by Gasteiger charge is 2.15. The van der Waals surface area contributed by atoms with Crippen molar-refractivity contribution in [2.75, 3.05) is 33.5 Å². The van der Waals surface area contributed by atoms with Crippen LogP contribution < -0.4 is 14.8 Å². The van der Waals surface area contributed by atoms with Crippen LogP contribution in [0.1, 0.15) is 30.6 Å². The van der Waals surface area contributed by atoms with Gasteiger partial charge in [-0.15, -0.1) is 0 Å². The van der Waals surface area contributed by atoms with Crippen molar-refractivity contribution >= 4 is 17.5 Å². The fourth-order valence-electron chi connectivity index (χ4n) is 1.76. The van der Waals surface area contributed by atoms with E-state index in [1.807, 2.05) is 13.8 Å². The lowest BCUT2D eigenvalue weighted by atomic mass is 10.2. The van der Waals surface area contributed by atoms with Crippen LogP contribution in [-0.4, -0.2) is 39.4 Å². The van der Waals surface area contributed by atoms with Crippen molar-refractivity contribution in [1.82, 2.24) is 5.32 Å². The van der Waals surface area contributed by atoms with Gasteiger partial charge < -0.3 is 19.5 Å². The van der Waals surface area contributed by atoms with Crippen molar-refractivity contribution in [3.63, 3.8) is 0 Å². The monoisotopic (exact) mass is 315 g/mol. The molecule has 0 aliphatic rings. The third kappa shape index (κ3) is 5.44. The number of hydrogen-bond donors (Lipinski definition) is 1. The van der Waals surface area contributed by atoms with E-state index in [9.17, 15) is 4.79 Å². The van der Waals surface area contributed by atoms with Gasteiger partial charge in [-0.2, -0.15) is 0 Å². The molecule has 0 fully saturated rings. The Labute approximate surface area is 130 Å². The zero-order valence-corrected chi connectivity index (χ0v) is 13.5. The highest BCUT2D eigenvalue weighted by atomic mass is 35.5. The first-order valence-corrected chi connectivity index (χ1v) is 7.38. The number of amides is 1. The molecule has 0 atom stereocenters. The average molecular weight is 316 g/mol. The van der Waals surface area contributed by atoms with Gasteiger partial charge in [0.25, 0.3) is 5.91 Å². The highest BCUT2D eigenvalue weighted by Crippen LogP contribution is 2.36. The Kier molecular flexibility index (Phi) is 7.93. The van der Waals surface area contributed by atoms with Gasteiger partial charge in [-0.25, -0.2) is 0 Å². The van der Waals surface area contributed by atoms with Gasteiger partial charge in [-0.05, 0) is 32.4 Å². The summed E-state index contributed by atoms with van der Waals surface area (Å²) < 4.78 is 15.8. The molecule has 5 nitrogen and oxygen atoms in total. The lowest BCUT2D eigenvalue weighted by Gasteiger charge is -2.13. The van der Waals surface area contributed by atoms with E-state index >= 15 is 0 Å². The third-order valence-corrected chi connectivity index (χ3v) is 3.02. The van der Waals surface area contributed by atoms with Crippen molar-refractivity contribution in [3.8, 4) is 11.5 Å². The Hall–Kier alpha value is -1.46. The van der Waals surface area contributed by atoms with E-state index in [1.54, 1.807) is 12.1 Å². The maximum Gasteiger partial charge on any atom is 0.251 e. The molecule has 1 aromatic carbocycles. The largest absolute Gasteiger partial charge is 0.493 e. The highest BCUT2D eigenvalue weighted by molar-refractivity contribution is 6.32. The molecular weight excluding hydrogens is 294 g/mol. The van der Waals surface area contributed by atoms with E-state index in [1.165, 1.54) is 7.11 Å².